The van der Waals surface area contributed by atoms with E-state index < -0.39 is 0 Å². The maximum atomic E-state index is 11.7. The number of nitrogens with zero attached hydrogens (tertiary/aromatic N) is 2. The van der Waals surface area contributed by atoms with E-state index in [1.807, 2.05) is 18.2 Å². The molecule has 1 aromatic heterocycles. The molecule has 0 saturated heterocycles. The predicted molar refractivity (Wildman–Crippen MR) is 81.3 cm³/mol. The number of aromatic nitrogens is 2. The van der Waals surface area contributed by atoms with E-state index in [1.165, 1.54) is 6.20 Å². The molecule has 2 aromatic rings. The maximum absolute atomic E-state index is 11.7. The highest BCUT2D eigenvalue weighted by molar-refractivity contribution is 7.71. The minimum Gasteiger partial charge on any atom is -0.340 e. The van der Waals surface area contributed by atoms with Crippen LogP contribution in [0.15, 0.2) is 24.4 Å². The van der Waals surface area contributed by atoms with Gasteiger partial charge >= 0.3 is 0 Å². The van der Waals surface area contributed by atoms with Crippen LogP contribution in [-0.2, 0) is 11.2 Å². The van der Waals surface area contributed by atoms with Gasteiger partial charge in [-0.3, -0.25) is 4.79 Å². The van der Waals surface area contributed by atoms with Gasteiger partial charge in [-0.15, -0.1) is 0 Å². The molecule has 0 radical (unpaired) electrons. The lowest BCUT2D eigenvalue weighted by molar-refractivity contribution is -0.117. The molecule has 0 saturated carbocycles. The van der Waals surface area contributed by atoms with Gasteiger partial charge in [0, 0.05) is 18.4 Å². The number of fused-ring (bicyclic) bond motifs is 1. The number of hydrogen-bond acceptors (Lipinski definition) is 4. The Balaban J connectivity index is 1.93. The quantitative estimate of drug-likeness (QED) is 0.837. The summed E-state index contributed by atoms with van der Waals surface area (Å²) in [6.07, 6.45) is 1.91. The first-order valence-electron chi connectivity index (χ1n) is 5.96. The molecule has 1 amide bonds. The molecule has 0 bridgehead atoms. The first-order chi connectivity index (χ1) is 9.54. The number of H-pyrrole nitrogens is 1. The molecule has 0 aliphatic carbocycles. The number of aromatic amines is 1. The molecule has 0 unspecified atom stereocenters. The van der Waals surface area contributed by atoms with Gasteiger partial charge in [0.15, 0.2) is 4.77 Å². The number of nitrogens with one attached hydrogen (secondary N) is 2. The third-order valence-electron chi connectivity index (χ3n) is 3.19. The molecule has 2 N–H and O–H groups in total. The zero-order valence-corrected chi connectivity index (χ0v) is 12.2. The Kier molecular flexibility index (Phi) is 3.19. The fourth-order valence-electron chi connectivity index (χ4n) is 2.16. The van der Waals surface area contributed by atoms with Crippen molar-refractivity contribution in [2.45, 2.75) is 6.42 Å². The summed E-state index contributed by atoms with van der Waals surface area (Å²) >= 11 is 11.0. The van der Waals surface area contributed by atoms with E-state index >= 15 is 0 Å². The van der Waals surface area contributed by atoms with Crippen molar-refractivity contribution in [3.63, 3.8) is 0 Å². The van der Waals surface area contributed by atoms with Crippen molar-refractivity contribution < 1.29 is 4.79 Å². The first kappa shape index (κ1) is 13.1. The molecule has 2 heterocycles. The van der Waals surface area contributed by atoms with Crippen LogP contribution in [-0.4, -0.2) is 22.9 Å². The second-order valence-electron chi connectivity index (χ2n) is 4.51. The lowest BCUT2D eigenvalue weighted by atomic mass is 10.1. The van der Waals surface area contributed by atoms with E-state index in [9.17, 15) is 4.79 Å². The van der Waals surface area contributed by atoms with Crippen molar-refractivity contribution in [1.82, 2.24) is 9.97 Å². The normalized spacial score (nSPS) is 13.5. The van der Waals surface area contributed by atoms with Gasteiger partial charge in [0.25, 0.3) is 0 Å². The molecule has 1 aliphatic heterocycles. The number of carbonyl (C=O) groups excluding carboxylic acids is 1. The minimum atomic E-state index is 0.0958. The lowest BCUT2D eigenvalue weighted by Crippen LogP contribution is -2.20. The number of anilines is 3. The highest BCUT2D eigenvalue weighted by Gasteiger charge is 2.23. The number of benzene rings is 1. The minimum absolute atomic E-state index is 0.0958. The number of amides is 1. The Hall–Kier alpha value is -1.92. The van der Waals surface area contributed by atoms with Gasteiger partial charge < -0.3 is 15.2 Å². The Bertz CT molecular complexity index is 758. The van der Waals surface area contributed by atoms with Crippen LogP contribution in [0.25, 0.3) is 0 Å². The zero-order valence-electron chi connectivity index (χ0n) is 10.6. The van der Waals surface area contributed by atoms with Crippen molar-refractivity contribution in [3.05, 3.63) is 39.8 Å². The van der Waals surface area contributed by atoms with Crippen LogP contribution in [0.5, 0.6) is 0 Å². The summed E-state index contributed by atoms with van der Waals surface area (Å²) in [6, 6.07) is 5.73. The number of likely N-dealkylation sites (N-methyl/N-ethyl adjacent to an activating group) is 1. The van der Waals surface area contributed by atoms with E-state index in [4.69, 9.17) is 23.8 Å². The van der Waals surface area contributed by atoms with Crippen LogP contribution in [0.2, 0.25) is 5.02 Å². The SMILES string of the molecule is CN1C(=O)Cc2cc(Nc3[nH]c(=S)ncc3Cl)ccc21. The Morgan fingerprint density at radius 1 is 1.50 bits per heavy atom. The Labute approximate surface area is 125 Å². The average molecular weight is 307 g/mol. The van der Waals surface area contributed by atoms with E-state index in [0.29, 0.717) is 22.0 Å². The molecule has 1 aromatic carbocycles. The van der Waals surface area contributed by atoms with Crippen molar-refractivity contribution >= 4 is 46.9 Å². The lowest BCUT2D eigenvalue weighted by Gasteiger charge is -2.12. The summed E-state index contributed by atoms with van der Waals surface area (Å²) in [5.41, 5.74) is 2.77. The van der Waals surface area contributed by atoms with Crippen molar-refractivity contribution in [3.8, 4) is 0 Å². The van der Waals surface area contributed by atoms with Gasteiger partial charge in [0.1, 0.15) is 5.82 Å². The highest BCUT2D eigenvalue weighted by atomic mass is 35.5. The van der Waals surface area contributed by atoms with Gasteiger partial charge in [-0.2, -0.15) is 0 Å². The molecular formula is C13H11ClN4OS. The Morgan fingerprint density at radius 2 is 2.30 bits per heavy atom. The highest BCUT2D eigenvalue weighted by Crippen LogP contribution is 2.31. The van der Waals surface area contributed by atoms with Crippen LogP contribution in [0, 0.1) is 4.77 Å². The van der Waals surface area contributed by atoms with Crippen LogP contribution in [0.4, 0.5) is 17.2 Å². The zero-order chi connectivity index (χ0) is 14.3. The summed E-state index contributed by atoms with van der Waals surface area (Å²) in [5, 5.41) is 3.60. The van der Waals surface area contributed by atoms with Crippen LogP contribution in [0.1, 0.15) is 5.56 Å². The second-order valence-corrected chi connectivity index (χ2v) is 5.30. The van der Waals surface area contributed by atoms with Gasteiger partial charge in [-0.25, -0.2) is 4.98 Å². The average Bonchev–Trinajstić information content (AvgIpc) is 2.69. The molecule has 5 nitrogen and oxygen atoms in total. The smallest absolute Gasteiger partial charge is 0.231 e. The van der Waals surface area contributed by atoms with E-state index in [-0.39, 0.29) is 5.91 Å². The third kappa shape index (κ3) is 2.28. The fraction of sp³-hybridized carbons (Fsp3) is 0.154. The topological polar surface area (TPSA) is 61.0 Å². The third-order valence-corrected chi connectivity index (χ3v) is 3.69. The molecule has 3 rings (SSSR count). The molecule has 0 spiro atoms. The molecule has 0 atom stereocenters. The van der Waals surface area contributed by atoms with E-state index in [1.54, 1.807) is 11.9 Å². The van der Waals surface area contributed by atoms with Crippen molar-refractivity contribution in [1.29, 1.82) is 0 Å². The van der Waals surface area contributed by atoms with E-state index in [0.717, 1.165) is 16.9 Å². The summed E-state index contributed by atoms with van der Waals surface area (Å²) in [4.78, 5) is 20.1. The summed E-state index contributed by atoms with van der Waals surface area (Å²) < 4.78 is 0.355. The van der Waals surface area contributed by atoms with Crippen molar-refractivity contribution in [2.75, 3.05) is 17.3 Å². The molecule has 102 valence electrons. The molecular weight excluding hydrogens is 296 g/mol. The van der Waals surface area contributed by atoms with E-state index in [2.05, 4.69) is 15.3 Å². The molecule has 0 fully saturated rings. The van der Waals surface area contributed by atoms with Crippen LogP contribution >= 0.6 is 23.8 Å². The monoisotopic (exact) mass is 306 g/mol. The standard InChI is InChI=1S/C13H11ClN4OS/c1-18-10-3-2-8(4-7(10)5-11(18)19)16-12-9(14)6-15-13(20)17-12/h2-4,6H,5H2,1H3,(H2,15,16,17,20). The number of halogens is 1. The van der Waals surface area contributed by atoms with Gasteiger partial charge in [-0.05, 0) is 36.0 Å². The van der Waals surface area contributed by atoms with Gasteiger partial charge in [0.05, 0.1) is 17.6 Å². The van der Waals surface area contributed by atoms with Gasteiger partial charge in [-0.1, -0.05) is 11.6 Å². The van der Waals surface area contributed by atoms with Crippen LogP contribution < -0.4 is 10.2 Å². The van der Waals surface area contributed by atoms with Crippen LogP contribution in [0.3, 0.4) is 0 Å². The number of hydrogen-bond donors (Lipinski definition) is 2. The van der Waals surface area contributed by atoms with Gasteiger partial charge in [0.2, 0.25) is 5.91 Å². The molecule has 1 aliphatic rings. The fourth-order valence-corrected chi connectivity index (χ4v) is 2.46. The first-order valence-corrected chi connectivity index (χ1v) is 6.74. The second kappa shape index (κ2) is 4.88. The number of rotatable bonds is 2. The molecule has 20 heavy (non-hydrogen) atoms. The maximum Gasteiger partial charge on any atom is 0.231 e. The summed E-state index contributed by atoms with van der Waals surface area (Å²) in [7, 11) is 1.78. The largest absolute Gasteiger partial charge is 0.340 e. The summed E-state index contributed by atoms with van der Waals surface area (Å²) in [5.74, 6) is 0.683. The Morgan fingerprint density at radius 3 is 3.10 bits per heavy atom. The predicted octanol–water partition coefficient (Wildman–Crippen LogP) is 3.06. The number of carbonyl (C=O) groups is 1. The molecule has 7 heteroatoms. The summed E-state index contributed by atoms with van der Waals surface area (Å²) in [6.45, 7) is 0. The van der Waals surface area contributed by atoms with Crippen molar-refractivity contribution in [2.24, 2.45) is 0 Å².